The molecule has 3 nitrogen and oxygen atoms in total. The standard InChI is InChI=1S/C16H24N2OS/c1-4-9-16(13-17,10-5-2)15(19)18(3)11-8-14-7-6-12-20-14/h6-7,12H,4-5,8-11H2,1-3H3. The molecule has 0 aliphatic heterocycles. The van der Waals surface area contributed by atoms with Crippen LogP contribution in [0.2, 0.25) is 0 Å². The molecule has 110 valence electrons. The highest BCUT2D eigenvalue weighted by molar-refractivity contribution is 7.09. The molecule has 0 N–H and O–H groups in total. The Morgan fingerprint density at radius 3 is 2.50 bits per heavy atom. The highest BCUT2D eigenvalue weighted by atomic mass is 32.1. The lowest BCUT2D eigenvalue weighted by atomic mass is 9.79. The van der Waals surface area contributed by atoms with Crippen molar-refractivity contribution in [2.24, 2.45) is 5.41 Å². The Morgan fingerprint density at radius 1 is 1.40 bits per heavy atom. The first-order chi connectivity index (χ1) is 9.59. The van der Waals surface area contributed by atoms with Crippen LogP contribution in [0.3, 0.4) is 0 Å². The number of thiophene rings is 1. The third kappa shape index (κ3) is 4.08. The molecule has 0 radical (unpaired) electrons. The first-order valence-electron chi connectivity index (χ1n) is 7.28. The Balaban J connectivity index is 2.70. The van der Waals surface area contributed by atoms with Gasteiger partial charge in [0.2, 0.25) is 5.91 Å². The van der Waals surface area contributed by atoms with Gasteiger partial charge in [-0.3, -0.25) is 4.79 Å². The zero-order chi connectivity index (χ0) is 15.0. The van der Waals surface area contributed by atoms with E-state index >= 15 is 0 Å². The van der Waals surface area contributed by atoms with Crippen molar-refractivity contribution in [3.05, 3.63) is 22.4 Å². The van der Waals surface area contributed by atoms with Gasteiger partial charge in [0, 0.05) is 18.5 Å². The molecular weight excluding hydrogens is 268 g/mol. The van der Waals surface area contributed by atoms with Crippen LogP contribution >= 0.6 is 11.3 Å². The number of carbonyl (C=O) groups excluding carboxylic acids is 1. The Hall–Kier alpha value is -1.34. The van der Waals surface area contributed by atoms with E-state index in [1.807, 2.05) is 32.3 Å². The van der Waals surface area contributed by atoms with Gasteiger partial charge >= 0.3 is 0 Å². The Kier molecular flexibility index (Phi) is 6.74. The van der Waals surface area contributed by atoms with Crippen molar-refractivity contribution in [1.29, 1.82) is 5.26 Å². The topological polar surface area (TPSA) is 44.1 Å². The molecule has 0 fully saturated rings. The molecule has 20 heavy (non-hydrogen) atoms. The van der Waals surface area contributed by atoms with Crippen molar-refractivity contribution in [2.75, 3.05) is 13.6 Å². The fourth-order valence-electron chi connectivity index (χ4n) is 2.55. The number of hydrogen-bond donors (Lipinski definition) is 0. The van der Waals surface area contributed by atoms with Crippen molar-refractivity contribution in [3.63, 3.8) is 0 Å². The second-order valence-electron chi connectivity index (χ2n) is 5.25. The molecule has 0 bridgehead atoms. The molecule has 1 amide bonds. The van der Waals surface area contributed by atoms with Gasteiger partial charge in [-0.2, -0.15) is 5.26 Å². The lowest BCUT2D eigenvalue weighted by Gasteiger charge is -2.30. The van der Waals surface area contributed by atoms with E-state index in [0.717, 1.165) is 19.3 Å². The van der Waals surface area contributed by atoms with Crippen LogP contribution in [-0.4, -0.2) is 24.4 Å². The summed E-state index contributed by atoms with van der Waals surface area (Å²) in [6, 6.07) is 6.41. The average molecular weight is 292 g/mol. The maximum atomic E-state index is 12.6. The van der Waals surface area contributed by atoms with Gasteiger partial charge in [-0.1, -0.05) is 32.8 Å². The zero-order valence-corrected chi connectivity index (χ0v) is 13.5. The summed E-state index contributed by atoms with van der Waals surface area (Å²) in [5, 5.41) is 11.6. The first-order valence-corrected chi connectivity index (χ1v) is 8.16. The third-order valence-electron chi connectivity index (χ3n) is 3.60. The lowest BCUT2D eigenvalue weighted by Crippen LogP contribution is -2.42. The van der Waals surface area contributed by atoms with Gasteiger partial charge in [0.15, 0.2) is 0 Å². The minimum absolute atomic E-state index is 0.0137. The summed E-state index contributed by atoms with van der Waals surface area (Å²) in [7, 11) is 1.81. The molecule has 0 aliphatic rings. The number of rotatable bonds is 8. The summed E-state index contributed by atoms with van der Waals surface area (Å²) in [5.74, 6) is -0.0137. The molecule has 0 aromatic carbocycles. The van der Waals surface area contributed by atoms with Crippen molar-refractivity contribution >= 4 is 17.2 Å². The number of nitriles is 1. The molecule has 0 spiro atoms. The monoisotopic (exact) mass is 292 g/mol. The van der Waals surface area contributed by atoms with Gasteiger partial charge in [0.25, 0.3) is 0 Å². The lowest BCUT2D eigenvalue weighted by molar-refractivity contribution is -0.138. The molecule has 0 saturated carbocycles. The van der Waals surface area contributed by atoms with Crippen LogP contribution in [0.4, 0.5) is 0 Å². The molecule has 0 atom stereocenters. The van der Waals surface area contributed by atoms with E-state index in [1.54, 1.807) is 16.2 Å². The van der Waals surface area contributed by atoms with Gasteiger partial charge < -0.3 is 4.90 Å². The minimum Gasteiger partial charge on any atom is -0.344 e. The van der Waals surface area contributed by atoms with Crippen molar-refractivity contribution in [3.8, 4) is 6.07 Å². The summed E-state index contributed by atoms with van der Waals surface area (Å²) in [6.45, 7) is 4.73. The smallest absolute Gasteiger partial charge is 0.242 e. The van der Waals surface area contributed by atoms with E-state index in [0.29, 0.717) is 19.4 Å². The van der Waals surface area contributed by atoms with Crippen molar-refractivity contribution < 1.29 is 4.79 Å². The van der Waals surface area contributed by atoms with E-state index in [2.05, 4.69) is 12.1 Å². The molecule has 1 heterocycles. The summed E-state index contributed by atoms with van der Waals surface area (Å²) < 4.78 is 0. The number of likely N-dealkylation sites (N-methyl/N-ethyl adjacent to an activating group) is 1. The largest absolute Gasteiger partial charge is 0.344 e. The summed E-state index contributed by atoms with van der Waals surface area (Å²) in [4.78, 5) is 15.6. The van der Waals surface area contributed by atoms with E-state index in [4.69, 9.17) is 0 Å². The zero-order valence-electron chi connectivity index (χ0n) is 12.7. The second kappa shape index (κ2) is 8.06. The van der Waals surface area contributed by atoms with E-state index in [1.165, 1.54) is 4.88 Å². The van der Waals surface area contributed by atoms with Crippen LogP contribution in [0.15, 0.2) is 17.5 Å². The summed E-state index contributed by atoms with van der Waals surface area (Å²) >= 11 is 1.71. The fraction of sp³-hybridized carbons (Fsp3) is 0.625. The highest BCUT2D eigenvalue weighted by Crippen LogP contribution is 2.31. The molecule has 1 aromatic heterocycles. The van der Waals surface area contributed by atoms with Crippen molar-refractivity contribution in [2.45, 2.75) is 46.0 Å². The van der Waals surface area contributed by atoms with Crippen LogP contribution in [0.25, 0.3) is 0 Å². The van der Waals surface area contributed by atoms with Gasteiger partial charge in [0.05, 0.1) is 6.07 Å². The number of hydrogen-bond acceptors (Lipinski definition) is 3. The number of nitrogens with zero attached hydrogens (tertiary/aromatic N) is 2. The van der Waals surface area contributed by atoms with Crippen LogP contribution in [0.5, 0.6) is 0 Å². The van der Waals surface area contributed by atoms with Crippen LogP contribution in [-0.2, 0) is 11.2 Å². The predicted molar refractivity (Wildman–Crippen MR) is 83.5 cm³/mol. The van der Waals surface area contributed by atoms with Gasteiger partial charge in [-0.25, -0.2) is 0 Å². The minimum atomic E-state index is -0.826. The van der Waals surface area contributed by atoms with Gasteiger partial charge in [-0.05, 0) is 30.7 Å². The number of amides is 1. The molecular formula is C16H24N2OS. The Bertz CT molecular complexity index is 442. The Morgan fingerprint density at radius 2 is 2.05 bits per heavy atom. The molecule has 0 aliphatic carbocycles. The Labute approximate surface area is 126 Å². The van der Waals surface area contributed by atoms with Gasteiger partial charge in [-0.15, -0.1) is 11.3 Å². The first kappa shape index (κ1) is 16.7. The maximum Gasteiger partial charge on any atom is 0.242 e. The van der Waals surface area contributed by atoms with E-state index < -0.39 is 5.41 Å². The molecule has 0 unspecified atom stereocenters. The maximum absolute atomic E-state index is 12.6. The predicted octanol–water partition coefficient (Wildman–Crippen LogP) is 3.86. The average Bonchev–Trinajstić information content (AvgIpc) is 2.96. The quantitative estimate of drug-likeness (QED) is 0.730. The molecule has 4 heteroatoms. The number of carbonyl (C=O) groups is 1. The summed E-state index contributed by atoms with van der Waals surface area (Å²) in [5.41, 5.74) is -0.826. The van der Waals surface area contributed by atoms with Crippen LogP contribution < -0.4 is 0 Å². The molecule has 0 saturated heterocycles. The molecule has 1 rings (SSSR count). The van der Waals surface area contributed by atoms with E-state index in [-0.39, 0.29) is 5.91 Å². The normalized spacial score (nSPS) is 11.1. The fourth-order valence-corrected chi connectivity index (χ4v) is 3.25. The van der Waals surface area contributed by atoms with Crippen LogP contribution in [0, 0.1) is 16.7 Å². The van der Waals surface area contributed by atoms with Crippen molar-refractivity contribution in [1.82, 2.24) is 4.90 Å². The second-order valence-corrected chi connectivity index (χ2v) is 6.28. The highest BCUT2D eigenvalue weighted by Gasteiger charge is 2.38. The SMILES string of the molecule is CCCC(C#N)(CCC)C(=O)N(C)CCc1cccs1. The summed E-state index contributed by atoms with van der Waals surface area (Å²) in [6.07, 6.45) is 3.88. The van der Waals surface area contributed by atoms with E-state index in [9.17, 15) is 10.1 Å². The van der Waals surface area contributed by atoms with Gasteiger partial charge in [0.1, 0.15) is 5.41 Å². The third-order valence-corrected chi connectivity index (χ3v) is 4.53. The molecule has 1 aromatic rings. The van der Waals surface area contributed by atoms with Crippen LogP contribution in [0.1, 0.15) is 44.4 Å².